The summed E-state index contributed by atoms with van der Waals surface area (Å²) in [7, 11) is -3.57. The molecule has 3 heterocycles. The molecule has 1 saturated heterocycles. The summed E-state index contributed by atoms with van der Waals surface area (Å²) in [5.74, 6) is -0.380. The van der Waals surface area contributed by atoms with E-state index in [-0.39, 0.29) is 17.0 Å². The zero-order valence-corrected chi connectivity index (χ0v) is 23.5. The molecule has 4 rings (SSSR count). The fraction of sp³-hybridized carbons (Fsp3) is 0.536. The first-order valence-electron chi connectivity index (χ1n) is 13.3. The lowest BCUT2D eigenvalue weighted by Crippen LogP contribution is -2.36. The molecule has 1 aliphatic rings. The number of pyridine rings is 1. The number of aromatic nitrogens is 3. The average molecular weight is 559 g/mol. The van der Waals surface area contributed by atoms with Crippen LogP contribution in [0.15, 0.2) is 42.9 Å². The molecular weight excluding hydrogens is 520 g/mol. The van der Waals surface area contributed by atoms with Crippen LogP contribution in [0.3, 0.4) is 0 Å². The monoisotopic (exact) mass is 558 g/mol. The Bertz CT molecular complexity index is 1400. The molecule has 2 aromatic heterocycles. The van der Waals surface area contributed by atoms with Gasteiger partial charge in [-0.15, -0.1) is 0 Å². The molecular formula is C28H38N4O6S. The molecule has 1 aromatic carbocycles. The standard InChI is InChI=1S/C28H38N4O6S/c1-28(2,3)19-10-8-18(9-11-19)15-20(33)7-5-4-6-14-39(36,37)16-22-24(34)25(35)27(38-22)32-17-31-23-21(29)12-13-30-26(23)32/h8-13,17,22,24-25,27,34-35H,4-7,14-16H2,1-3H3,(H2,29,30)/t22-,24-,25-,27-/m1/s1. The molecule has 0 spiro atoms. The molecule has 212 valence electrons. The van der Waals surface area contributed by atoms with Crippen molar-refractivity contribution in [1.82, 2.24) is 14.5 Å². The van der Waals surface area contributed by atoms with Gasteiger partial charge in [0.05, 0.1) is 23.5 Å². The van der Waals surface area contributed by atoms with Crippen molar-refractivity contribution in [2.45, 2.75) is 82.8 Å². The maximum Gasteiger partial charge on any atom is 0.165 e. The van der Waals surface area contributed by atoms with E-state index in [0.717, 1.165) is 5.56 Å². The summed E-state index contributed by atoms with van der Waals surface area (Å²) in [6.07, 6.45) is 0.382. The minimum atomic E-state index is -3.57. The van der Waals surface area contributed by atoms with E-state index in [0.29, 0.717) is 49.0 Å². The Morgan fingerprint density at radius 3 is 2.46 bits per heavy atom. The van der Waals surface area contributed by atoms with Gasteiger partial charge in [0.25, 0.3) is 0 Å². The van der Waals surface area contributed by atoms with Crippen LogP contribution in [0.1, 0.15) is 63.8 Å². The molecule has 10 nitrogen and oxygen atoms in total. The number of nitrogen functional groups attached to an aromatic ring is 1. The Morgan fingerprint density at radius 2 is 1.77 bits per heavy atom. The first-order valence-corrected chi connectivity index (χ1v) is 15.1. The van der Waals surface area contributed by atoms with Gasteiger partial charge < -0.3 is 20.7 Å². The topological polar surface area (TPSA) is 158 Å². The van der Waals surface area contributed by atoms with Gasteiger partial charge >= 0.3 is 0 Å². The lowest BCUT2D eigenvalue weighted by atomic mass is 9.86. The van der Waals surface area contributed by atoms with Gasteiger partial charge in [0.1, 0.15) is 29.6 Å². The quantitative estimate of drug-likeness (QED) is 0.301. The lowest BCUT2D eigenvalue weighted by Gasteiger charge is -2.19. The van der Waals surface area contributed by atoms with E-state index in [1.807, 2.05) is 12.1 Å². The number of aliphatic hydroxyl groups excluding tert-OH is 2. The maximum atomic E-state index is 12.7. The molecule has 3 aromatic rings. The summed E-state index contributed by atoms with van der Waals surface area (Å²) < 4.78 is 32.7. The molecule has 0 radical (unpaired) electrons. The average Bonchev–Trinajstić information content (AvgIpc) is 3.41. The van der Waals surface area contributed by atoms with Gasteiger partial charge in [-0.05, 0) is 35.4 Å². The molecule has 1 aliphatic heterocycles. The molecule has 0 saturated carbocycles. The summed E-state index contributed by atoms with van der Waals surface area (Å²) in [6, 6.07) is 9.70. The first-order chi connectivity index (χ1) is 18.4. The van der Waals surface area contributed by atoms with E-state index >= 15 is 0 Å². The lowest BCUT2D eigenvalue weighted by molar-refractivity contribution is -0.118. The van der Waals surface area contributed by atoms with E-state index in [4.69, 9.17) is 10.5 Å². The Hall–Kier alpha value is -2.86. The van der Waals surface area contributed by atoms with E-state index in [1.54, 1.807) is 6.07 Å². The van der Waals surface area contributed by atoms with Crippen molar-refractivity contribution in [3.8, 4) is 0 Å². The van der Waals surface area contributed by atoms with E-state index in [9.17, 15) is 23.4 Å². The third-order valence-corrected chi connectivity index (χ3v) is 8.90. The molecule has 11 heteroatoms. The number of rotatable bonds is 11. The van der Waals surface area contributed by atoms with Crippen molar-refractivity contribution in [2.24, 2.45) is 0 Å². The maximum absolute atomic E-state index is 12.7. The fourth-order valence-electron chi connectivity index (χ4n) is 4.83. The summed E-state index contributed by atoms with van der Waals surface area (Å²) in [5.41, 5.74) is 9.37. The third-order valence-electron chi connectivity index (χ3n) is 7.15. The zero-order chi connectivity index (χ0) is 28.4. The van der Waals surface area contributed by atoms with Crippen LogP contribution in [-0.4, -0.2) is 68.8 Å². The van der Waals surface area contributed by atoms with Gasteiger partial charge in [-0.25, -0.2) is 18.4 Å². The van der Waals surface area contributed by atoms with Crippen LogP contribution in [0.25, 0.3) is 11.2 Å². The van der Waals surface area contributed by atoms with Gasteiger partial charge in [0.2, 0.25) is 0 Å². The van der Waals surface area contributed by atoms with Crippen molar-refractivity contribution < 1.29 is 28.2 Å². The van der Waals surface area contributed by atoms with Crippen molar-refractivity contribution in [3.05, 3.63) is 54.0 Å². The summed E-state index contributed by atoms with van der Waals surface area (Å²) in [6.45, 7) is 6.44. The van der Waals surface area contributed by atoms with Crippen LogP contribution in [0, 0.1) is 0 Å². The largest absolute Gasteiger partial charge is 0.397 e. The van der Waals surface area contributed by atoms with Crippen LogP contribution >= 0.6 is 0 Å². The number of nitrogens with two attached hydrogens (primary N) is 1. The highest BCUT2D eigenvalue weighted by Gasteiger charge is 2.45. The van der Waals surface area contributed by atoms with Crippen molar-refractivity contribution >= 4 is 32.5 Å². The SMILES string of the molecule is CC(C)(C)c1ccc(CC(=O)CCCCCS(=O)(=O)C[C@H]2O[C@@H](n3cnc4c(N)ccnc43)[C@H](O)[C@@H]2O)cc1. The third kappa shape index (κ3) is 7.02. The van der Waals surface area contributed by atoms with E-state index in [1.165, 1.54) is 22.7 Å². The molecule has 0 bridgehead atoms. The minimum Gasteiger partial charge on any atom is -0.397 e. The second kappa shape index (κ2) is 11.7. The number of anilines is 1. The number of hydrogen-bond donors (Lipinski definition) is 3. The number of hydrogen-bond acceptors (Lipinski definition) is 9. The van der Waals surface area contributed by atoms with Crippen LogP contribution in [0.2, 0.25) is 0 Å². The number of imidazole rings is 1. The number of ketones is 1. The number of benzene rings is 1. The molecule has 4 atom stereocenters. The molecule has 39 heavy (non-hydrogen) atoms. The number of ether oxygens (including phenoxy) is 1. The Balaban J connectivity index is 1.22. The van der Waals surface area contributed by atoms with E-state index < -0.39 is 40.1 Å². The summed E-state index contributed by atoms with van der Waals surface area (Å²) in [5, 5.41) is 21.1. The van der Waals surface area contributed by atoms with Crippen molar-refractivity contribution in [3.63, 3.8) is 0 Å². The predicted molar refractivity (Wildman–Crippen MR) is 149 cm³/mol. The minimum absolute atomic E-state index is 0.0633. The number of nitrogens with zero attached hydrogens (tertiary/aromatic N) is 3. The highest BCUT2D eigenvalue weighted by atomic mass is 32.2. The number of Topliss-reactive ketones (excluding diaryl/α,β-unsaturated/α-hetero) is 1. The van der Waals surface area contributed by atoms with Gasteiger partial charge in [0.15, 0.2) is 21.7 Å². The summed E-state index contributed by atoms with van der Waals surface area (Å²) in [4.78, 5) is 20.8. The number of fused-ring (bicyclic) bond motifs is 1. The zero-order valence-electron chi connectivity index (χ0n) is 22.7. The van der Waals surface area contributed by atoms with E-state index in [2.05, 4.69) is 42.9 Å². The Kier molecular flexibility index (Phi) is 8.75. The van der Waals surface area contributed by atoms with Crippen LogP contribution < -0.4 is 5.73 Å². The van der Waals surface area contributed by atoms with Gasteiger partial charge in [-0.2, -0.15) is 0 Å². The van der Waals surface area contributed by atoms with Crippen LogP contribution in [0.4, 0.5) is 5.69 Å². The van der Waals surface area contributed by atoms with Crippen molar-refractivity contribution in [2.75, 3.05) is 17.2 Å². The normalized spacial score (nSPS) is 22.0. The number of carbonyl (C=O) groups is 1. The number of unbranched alkanes of at least 4 members (excludes halogenated alkanes) is 2. The van der Waals surface area contributed by atoms with Gasteiger partial charge in [0, 0.05) is 19.0 Å². The molecule has 4 N–H and O–H groups in total. The Labute approximate surface area is 229 Å². The smallest absolute Gasteiger partial charge is 0.165 e. The molecule has 0 aliphatic carbocycles. The molecule has 0 amide bonds. The van der Waals surface area contributed by atoms with Crippen LogP contribution in [-0.2, 0) is 31.2 Å². The van der Waals surface area contributed by atoms with Gasteiger partial charge in [-0.1, -0.05) is 51.5 Å². The fourth-order valence-corrected chi connectivity index (χ4v) is 6.42. The highest BCUT2D eigenvalue weighted by Crippen LogP contribution is 2.33. The number of carbonyl (C=O) groups excluding carboxylic acids is 1. The first kappa shape index (κ1) is 29.1. The van der Waals surface area contributed by atoms with Crippen LogP contribution in [0.5, 0.6) is 0 Å². The Morgan fingerprint density at radius 1 is 1.05 bits per heavy atom. The number of aliphatic hydroxyl groups is 2. The second-order valence-corrected chi connectivity index (χ2v) is 13.6. The second-order valence-electron chi connectivity index (χ2n) is 11.4. The number of sulfone groups is 1. The molecule has 1 fully saturated rings. The van der Waals surface area contributed by atoms with Crippen molar-refractivity contribution in [1.29, 1.82) is 0 Å². The molecule has 0 unspecified atom stereocenters. The summed E-state index contributed by atoms with van der Waals surface area (Å²) >= 11 is 0. The highest BCUT2D eigenvalue weighted by molar-refractivity contribution is 7.91. The predicted octanol–water partition coefficient (Wildman–Crippen LogP) is 2.72. The van der Waals surface area contributed by atoms with Gasteiger partial charge in [-0.3, -0.25) is 9.36 Å².